The van der Waals surface area contributed by atoms with Gasteiger partial charge >= 0.3 is 0 Å². The molecule has 0 aromatic heterocycles. The van der Waals surface area contributed by atoms with Crippen molar-refractivity contribution in [2.45, 2.75) is 45.3 Å². The van der Waals surface area contributed by atoms with Crippen LogP contribution in [0.5, 0.6) is 11.5 Å². The maximum atomic E-state index is 13.3. The van der Waals surface area contributed by atoms with Gasteiger partial charge in [0, 0.05) is 22.2 Å². The number of nitrogens with zero attached hydrogens (tertiary/aromatic N) is 2. The maximum absolute atomic E-state index is 13.3. The summed E-state index contributed by atoms with van der Waals surface area (Å²) in [4.78, 5) is 27.5. The van der Waals surface area contributed by atoms with Crippen molar-refractivity contribution in [3.63, 3.8) is 0 Å². The smallest absolute Gasteiger partial charge is 0.271 e. The number of benzene rings is 2. The fourth-order valence-electron chi connectivity index (χ4n) is 4.42. The molecule has 0 saturated heterocycles. The second-order valence-corrected chi connectivity index (χ2v) is 8.79. The Balaban J connectivity index is 1.64. The minimum absolute atomic E-state index is 0.0180. The first-order chi connectivity index (χ1) is 16.4. The van der Waals surface area contributed by atoms with Crippen molar-refractivity contribution in [2.24, 2.45) is 0 Å². The molecular formula is C27H25ClN2O4. The van der Waals surface area contributed by atoms with Crippen molar-refractivity contribution in [2.75, 3.05) is 7.11 Å². The number of methoxy groups -OCH3 is 1. The van der Waals surface area contributed by atoms with Crippen molar-refractivity contribution in [1.29, 1.82) is 5.26 Å². The summed E-state index contributed by atoms with van der Waals surface area (Å²) in [6.45, 7) is 1.92. The Kier molecular flexibility index (Phi) is 7.04. The Hall–Kier alpha value is -3.56. The fraction of sp³-hybridized carbons (Fsp3) is 0.296. The van der Waals surface area contributed by atoms with Crippen LogP contribution in [0.1, 0.15) is 43.7 Å². The number of imide groups is 1. The Morgan fingerprint density at radius 2 is 1.85 bits per heavy atom. The average molecular weight is 477 g/mol. The molecule has 1 saturated carbocycles. The minimum Gasteiger partial charge on any atom is -0.493 e. The van der Waals surface area contributed by atoms with Crippen molar-refractivity contribution in [1.82, 2.24) is 4.90 Å². The van der Waals surface area contributed by atoms with E-state index in [1.165, 1.54) is 4.90 Å². The van der Waals surface area contributed by atoms with Crippen LogP contribution in [-0.4, -0.2) is 29.9 Å². The monoisotopic (exact) mass is 476 g/mol. The van der Waals surface area contributed by atoms with Gasteiger partial charge in [-0.25, -0.2) is 0 Å². The third kappa shape index (κ3) is 4.57. The largest absolute Gasteiger partial charge is 0.493 e. The molecule has 6 nitrogen and oxygen atoms in total. The zero-order valence-corrected chi connectivity index (χ0v) is 19.9. The number of carbonyl (C=O) groups is 2. The zero-order chi connectivity index (χ0) is 24.2. The Bertz CT molecular complexity index is 1240. The summed E-state index contributed by atoms with van der Waals surface area (Å²) in [5.74, 6) is 0.184. The zero-order valence-electron chi connectivity index (χ0n) is 19.1. The number of amides is 2. The first-order valence-corrected chi connectivity index (χ1v) is 11.6. The van der Waals surface area contributed by atoms with Crippen LogP contribution in [0.4, 0.5) is 0 Å². The van der Waals surface area contributed by atoms with E-state index in [1.807, 2.05) is 24.3 Å². The molecule has 0 atom stereocenters. The molecule has 4 rings (SSSR count). The van der Waals surface area contributed by atoms with Gasteiger partial charge in [0.15, 0.2) is 11.5 Å². The van der Waals surface area contributed by atoms with Crippen molar-refractivity contribution < 1.29 is 19.1 Å². The Morgan fingerprint density at radius 1 is 1.12 bits per heavy atom. The first kappa shape index (κ1) is 23.6. The van der Waals surface area contributed by atoms with Gasteiger partial charge in [0.1, 0.15) is 18.2 Å². The van der Waals surface area contributed by atoms with E-state index in [9.17, 15) is 14.9 Å². The lowest BCUT2D eigenvalue weighted by Crippen LogP contribution is -2.47. The van der Waals surface area contributed by atoms with Crippen LogP contribution in [-0.2, 0) is 16.2 Å². The van der Waals surface area contributed by atoms with E-state index in [2.05, 4.69) is 0 Å². The summed E-state index contributed by atoms with van der Waals surface area (Å²) in [5, 5.41) is 10.2. The molecule has 7 heteroatoms. The van der Waals surface area contributed by atoms with Gasteiger partial charge in [-0.15, -0.1) is 0 Å². The third-order valence-corrected chi connectivity index (χ3v) is 6.67. The predicted octanol–water partition coefficient (Wildman–Crippen LogP) is 5.46. The molecule has 2 aliphatic rings. The maximum Gasteiger partial charge on any atom is 0.271 e. The standard InChI is InChI=1S/C27H25ClN2O4/c1-17-21(26(31)30(20-8-4-5-9-20)27(32)22(17)15-29)13-18-11-12-24(25(14-18)33-2)34-16-19-7-3-6-10-23(19)28/h3,6-7,10-14,20H,4-5,8-9,16H2,1-2H3/b21-13+. The van der Waals surface area contributed by atoms with Crippen molar-refractivity contribution >= 4 is 29.5 Å². The second kappa shape index (κ2) is 10.1. The van der Waals surface area contributed by atoms with Gasteiger partial charge in [-0.2, -0.15) is 5.26 Å². The van der Waals surface area contributed by atoms with E-state index in [1.54, 1.807) is 44.4 Å². The van der Waals surface area contributed by atoms with E-state index in [-0.39, 0.29) is 24.1 Å². The number of ether oxygens (including phenoxy) is 2. The summed E-state index contributed by atoms with van der Waals surface area (Å²) >= 11 is 6.21. The number of rotatable bonds is 6. The average Bonchev–Trinajstić information content (AvgIpc) is 3.36. The predicted molar refractivity (Wildman–Crippen MR) is 129 cm³/mol. The number of hydrogen-bond acceptors (Lipinski definition) is 5. The van der Waals surface area contributed by atoms with Gasteiger partial charge in [0.05, 0.1) is 7.11 Å². The normalized spacial score (nSPS) is 17.9. The van der Waals surface area contributed by atoms with Gasteiger partial charge in [0.2, 0.25) is 0 Å². The summed E-state index contributed by atoms with van der Waals surface area (Å²) in [6, 6.07) is 14.6. The molecule has 0 bridgehead atoms. The molecule has 0 radical (unpaired) electrons. The Morgan fingerprint density at radius 3 is 2.53 bits per heavy atom. The summed E-state index contributed by atoms with van der Waals surface area (Å²) < 4.78 is 11.4. The van der Waals surface area contributed by atoms with Gasteiger partial charge in [-0.1, -0.05) is 48.7 Å². The summed E-state index contributed by atoms with van der Waals surface area (Å²) in [6.07, 6.45) is 5.18. The molecular weight excluding hydrogens is 452 g/mol. The molecule has 1 heterocycles. The van der Waals surface area contributed by atoms with Crippen LogP contribution in [0.15, 0.2) is 59.2 Å². The molecule has 0 N–H and O–H groups in total. The van der Waals surface area contributed by atoms with E-state index >= 15 is 0 Å². The van der Waals surface area contributed by atoms with Crippen LogP contribution in [0.25, 0.3) is 6.08 Å². The van der Waals surface area contributed by atoms with E-state index in [0.717, 1.165) is 31.2 Å². The minimum atomic E-state index is -0.491. The molecule has 1 fully saturated rings. The molecule has 2 amide bonds. The lowest BCUT2D eigenvalue weighted by atomic mass is 9.92. The van der Waals surface area contributed by atoms with Gasteiger partial charge in [0.25, 0.3) is 11.8 Å². The van der Waals surface area contributed by atoms with Crippen LogP contribution < -0.4 is 9.47 Å². The SMILES string of the molecule is COc1cc(/C=C2/C(=O)N(C3CCCC3)C(=O)C(C#N)=C2C)ccc1OCc1ccccc1Cl. The molecule has 0 spiro atoms. The van der Waals surface area contributed by atoms with Crippen molar-refractivity contribution in [3.8, 4) is 17.6 Å². The van der Waals surface area contributed by atoms with E-state index in [0.29, 0.717) is 33.2 Å². The fourth-order valence-corrected chi connectivity index (χ4v) is 4.61. The van der Waals surface area contributed by atoms with Gasteiger partial charge in [-0.05, 0) is 55.2 Å². The molecule has 0 unspecified atom stereocenters. The molecule has 2 aromatic carbocycles. The van der Waals surface area contributed by atoms with Crippen LogP contribution in [0.2, 0.25) is 5.02 Å². The summed E-state index contributed by atoms with van der Waals surface area (Å²) in [7, 11) is 1.54. The van der Waals surface area contributed by atoms with Crippen LogP contribution in [0, 0.1) is 11.3 Å². The van der Waals surface area contributed by atoms with E-state index in [4.69, 9.17) is 21.1 Å². The molecule has 1 aliphatic carbocycles. The lowest BCUT2D eigenvalue weighted by Gasteiger charge is -2.32. The molecule has 174 valence electrons. The Labute approximate surface area is 204 Å². The van der Waals surface area contributed by atoms with Gasteiger partial charge in [-0.3, -0.25) is 14.5 Å². The number of nitriles is 1. The second-order valence-electron chi connectivity index (χ2n) is 8.38. The highest BCUT2D eigenvalue weighted by molar-refractivity contribution is 6.31. The molecule has 2 aromatic rings. The number of halogens is 1. The van der Waals surface area contributed by atoms with Gasteiger partial charge < -0.3 is 9.47 Å². The lowest BCUT2D eigenvalue weighted by molar-refractivity contribution is -0.143. The highest BCUT2D eigenvalue weighted by Gasteiger charge is 2.40. The topological polar surface area (TPSA) is 79.6 Å². The van der Waals surface area contributed by atoms with Crippen LogP contribution in [0.3, 0.4) is 0 Å². The number of hydrogen-bond donors (Lipinski definition) is 0. The van der Waals surface area contributed by atoms with Crippen LogP contribution >= 0.6 is 11.6 Å². The highest BCUT2D eigenvalue weighted by Crippen LogP contribution is 2.35. The quantitative estimate of drug-likeness (QED) is 0.408. The molecule has 34 heavy (non-hydrogen) atoms. The van der Waals surface area contributed by atoms with Crippen molar-refractivity contribution in [3.05, 3.63) is 75.3 Å². The third-order valence-electron chi connectivity index (χ3n) is 6.30. The van der Waals surface area contributed by atoms with E-state index < -0.39 is 5.91 Å². The first-order valence-electron chi connectivity index (χ1n) is 11.2. The number of carbonyl (C=O) groups excluding carboxylic acids is 2. The summed E-state index contributed by atoms with van der Waals surface area (Å²) in [5.41, 5.74) is 2.30. The molecule has 1 aliphatic heterocycles. The highest BCUT2D eigenvalue weighted by atomic mass is 35.5.